The fourth-order valence-electron chi connectivity index (χ4n) is 2.95. The highest BCUT2D eigenvalue weighted by molar-refractivity contribution is 5.85. The number of nitrogens with zero attached hydrogens (tertiary/aromatic N) is 1. The molecule has 0 spiro atoms. The quantitative estimate of drug-likeness (QED) is 0.770. The first kappa shape index (κ1) is 23.2. The summed E-state index contributed by atoms with van der Waals surface area (Å²) in [6.45, 7) is 5.57. The Hall–Kier alpha value is -0.810. The van der Waals surface area contributed by atoms with Gasteiger partial charge in [-0.1, -0.05) is 43.7 Å². The SMILES string of the molecule is CCCCN1CCC(NC(=O)C(N)Cc2ccccc2)CC1.Cl.Cl. The van der Waals surface area contributed by atoms with Crippen molar-refractivity contribution < 1.29 is 4.79 Å². The van der Waals surface area contributed by atoms with Crippen LogP contribution in [0.1, 0.15) is 38.2 Å². The number of rotatable bonds is 7. The first-order chi connectivity index (χ1) is 10.7. The number of carbonyl (C=O) groups excluding carboxylic acids is 1. The molecule has 1 heterocycles. The maximum Gasteiger partial charge on any atom is 0.237 e. The van der Waals surface area contributed by atoms with E-state index in [0.29, 0.717) is 6.42 Å². The number of unbranched alkanes of at least 4 members (excludes halogenated alkanes) is 1. The Morgan fingerprint density at radius 1 is 1.25 bits per heavy atom. The third-order valence-electron chi connectivity index (χ3n) is 4.40. The molecule has 1 amide bonds. The number of carbonyl (C=O) groups is 1. The third-order valence-corrected chi connectivity index (χ3v) is 4.40. The van der Waals surface area contributed by atoms with Crippen LogP contribution in [0.25, 0.3) is 0 Å². The second-order valence-corrected chi connectivity index (χ2v) is 6.27. The van der Waals surface area contributed by atoms with Gasteiger partial charge >= 0.3 is 0 Å². The van der Waals surface area contributed by atoms with Crippen LogP contribution < -0.4 is 11.1 Å². The normalized spacial score (nSPS) is 16.6. The number of piperidine rings is 1. The van der Waals surface area contributed by atoms with E-state index in [1.807, 2.05) is 30.3 Å². The minimum atomic E-state index is -0.458. The molecule has 1 unspecified atom stereocenters. The summed E-state index contributed by atoms with van der Waals surface area (Å²) in [6, 6.07) is 9.78. The van der Waals surface area contributed by atoms with E-state index >= 15 is 0 Å². The molecule has 3 N–H and O–H groups in total. The second kappa shape index (κ2) is 12.5. The van der Waals surface area contributed by atoms with Crippen molar-refractivity contribution in [3.63, 3.8) is 0 Å². The zero-order valence-corrected chi connectivity index (χ0v) is 16.1. The molecular formula is C18H31Cl2N3O. The fourth-order valence-corrected chi connectivity index (χ4v) is 2.95. The highest BCUT2D eigenvalue weighted by Gasteiger charge is 2.22. The van der Waals surface area contributed by atoms with Crippen LogP contribution in [0.2, 0.25) is 0 Å². The predicted molar refractivity (Wildman–Crippen MR) is 105 cm³/mol. The Morgan fingerprint density at radius 3 is 2.46 bits per heavy atom. The molecule has 0 bridgehead atoms. The molecule has 1 aromatic carbocycles. The van der Waals surface area contributed by atoms with E-state index in [9.17, 15) is 4.79 Å². The minimum absolute atomic E-state index is 0. The van der Waals surface area contributed by atoms with Gasteiger partial charge in [0.15, 0.2) is 0 Å². The number of halogens is 2. The Morgan fingerprint density at radius 2 is 1.88 bits per heavy atom. The number of nitrogens with two attached hydrogens (primary N) is 1. The lowest BCUT2D eigenvalue weighted by Crippen LogP contribution is -2.50. The summed E-state index contributed by atoms with van der Waals surface area (Å²) in [6.07, 6.45) is 5.17. The largest absolute Gasteiger partial charge is 0.352 e. The lowest BCUT2D eigenvalue weighted by molar-refractivity contribution is -0.123. The van der Waals surface area contributed by atoms with Crippen molar-refractivity contribution in [2.75, 3.05) is 19.6 Å². The summed E-state index contributed by atoms with van der Waals surface area (Å²) in [5, 5.41) is 3.12. The molecule has 4 nitrogen and oxygen atoms in total. The molecule has 1 saturated heterocycles. The zero-order chi connectivity index (χ0) is 15.8. The van der Waals surface area contributed by atoms with Gasteiger partial charge in [-0.15, -0.1) is 24.8 Å². The maximum absolute atomic E-state index is 12.2. The summed E-state index contributed by atoms with van der Waals surface area (Å²) in [4.78, 5) is 14.7. The standard InChI is InChI=1S/C18H29N3O.2ClH/c1-2-3-11-21-12-9-16(10-13-21)20-18(22)17(19)14-15-7-5-4-6-8-15;;/h4-8,16-17H,2-3,9-14,19H2,1H3,(H,20,22);2*1H. The molecule has 0 aliphatic carbocycles. The number of likely N-dealkylation sites (tertiary alicyclic amines) is 1. The summed E-state index contributed by atoms with van der Waals surface area (Å²) < 4.78 is 0. The van der Waals surface area contributed by atoms with Gasteiger partial charge in [-0.05, 0) is 37.8 Å². The molecule has 1 fully saturated rings. The van der Waals surface area contributed by atoms with Crippen molar-refractivity contribution in [1.29, 1.82) is 0 Å². The van der Waals surface area contributed by atoms with E-state index in [1.54, 1.807) is 0 Å². The average Bonchev–Trinajstić information content (AvgIpc) is 2.55. The van der Waals surface area contributed by atoms with Gasteiger partial charge in [0.25, 0.3) is 0 Å². The van der Waals surface area contributed by atoms with Crippen molar-refractivity contribution in [2.24, 2.45) is 5.73 Å². The first-order valence-corrected chi connectivity index (χ1v) is 8.51. The van der Waals surface area contributed by atoms with Crippen molar-refractivity contribution in [2.45, 2.75) is 51.1 Å². The van der Waals surface area contributed by atoms with Crippen molar-refractivity contribution in [1.82, 2.24) is 10.2 Å². The van der Waals surface area contributed by atoms with Crippen LogP contribution in [0, 0.1) is 0 Å². The summed E-state index contributed by atoms with van der Waals surface area (Å²) in [5.74, 6) is -0.0177. The highest BCUT2D eigenvalue weighted by atomic mass is 35.5. The van der Waals surface area contributed by atoms with Gasteiger partial charge in [0.2, 0.25) is 5.91 Å². The number of hydrogen-bond acceptors (Lipinski definition) is 3. The van der Waals surface area contributed by atoms with Gasteiger partial charge in [-0.3, -0.25) is 4.79 Å². The number of amides is 1. The average molecular weight is 376 g/mol. The summed E-state index contributed by atoms with van der Waals surface area (Å²) >= 11 is 0. The van der Waals surface area contributed by atoms with Crippen molar-refractivity contribution in [3.8, 4) is 0 Å². The Kier molecular flexibility index (Phi) is 12.1. The molecule has 6 heteroatoms. The number of nitrogens with one attached hydrogen (secondary N) is 1. The Balaban J connectivity index is 0.00000264. The van der Waals surface area contributed by atoms with Gasteiger partial charge in [0.05, 0.1) is 6.04 Å². The molecule has 0 saturated carbocycles. The van der Waals surface area contributed by atoms with Gasteiger partial charge < -0.3 is 16.0 Å². The van der Waals surface area contributed by atoms with Crippen LogP contribution in [0.15, 0.2) is 30.3 Å². The van der Waals surface area contributed by atoms with Gasteiger partial charge in [0.1, 0.15) is 0 Å². The monoisotopic (exact) mass is 375 g/mol. The van der Waals surface area contributed by atoms with Crippen LogP contribution in [-0.2, 0) is 11.2 Å². The number of benzene rings is 1. The van der Waals surface area contributed by atoms with E-state index < -0.39 is 6.04 Å². The smallest absolute Gasteiger partial charge is 0.237 e. The molecule has 0 aromatic heterocycles. The summed E-state index contributed by atoms with van der Waals surface area (Å²) in [7, 11) is 0. The first-order valence-electron chi connectivity index (χ1n) is 8.51. The molecule has 1 atom stereocenters. The zero-order valence-electron chi connectivity index (χ0n) is 14.4. The lowest BCUT2D eigenvalue weighted by Gasteiger charge is -2.32. The molecule has 0 radical (unpaired) electrons. The molecule has 2 rings (SSSR count). The van der Waals surface area contributed by atoms with Crippen LogP contribution >= 0.6 is 24.8 Å². The summed E-state index contributed by atoms with van der Waals surface area (Å²) in [5.41, 5.74) is 7.15. The van der Waals surface area contributed by atoms with E-state index in [1.165, 1.54) is 19.4 Å². The van der Waals surface area contributed by atoms with Gasteiger partial charge in [-0.25, -0.2) is 0 Å². The van der Waals surface area contributed by atoms with E-state index in [0.717, 1.165) is 31.5 Å². The molecule has 138 valence electrons. The van der Waals surface area contributed by atoms with E-state index in [2.05, 4.69) is 17.1 Å². The van der Waals surface area contributed by atoms with Crippen LogP contribution in [0.5, 0.6) is 0 Å². The minimum Gasteiger partial charge on any atom is -0.352 e. The van der Waals surface area contributed by atoms with Gasteiger partial charge in [0, 0.05) is 19.1 Å². The second-order valence-electron chi connectivity index (χ2n) is 6.27. The van der Waals surface area contributed by atoms with Crippen molar-refractivity contribution >= 4 is 30.7 Å². The van der Waals surface area contributed by atoms with E-state index in [-0.39, 0.29) is 36.8 Å². The van der Waals surface area contributed by atoms with Gasteiger partial charge in [-0.2, -0.15) is 0 Å². The molecule has 1 aliphatic heterocycles. The van der Waals surface area contributed by atoms with Crippen LogP contribution in [-0.4, -0.2) is 42.5 Å². The predicted octanol–water partition coefficient (Wildman–Crippen LogP) is 2.78. The van der Waals surface area contributed by atoms with E-state index in [4.69, 9.17) is 5.73 Å². The maximum atomic E-state index is 12.2. The molecule has 24 heavy (non-hydrogen) atoms. The van der Waals surface area contributed by atoms with Crippen molar-refractivity contribution in [3.05, 3.63) is 35.9 Å². The number of hydrogen-bond donors (Lipinski definition) is 2. The van der Waals surface area contributed by atoms with Crippen LogP contribution in [0.4, 0.5) is 0 Å². The Labute approximate surface area is 158 Å². The Bertz CT molecular complexity index is 451. The fraction of sp³-hybridized carbons (Fsp3) is 0.611. The molecule has 1 aliphatic rings. The lowest BCUT2D eigenvalue weighted by atomic mass is 10.0. The van der Waals surface area contributed by atoms with Crippen LogP contribution in [0.3, 0.4) is 0 Å². The highest BCUT2D eigenvalue weighted by Crippen LogP contribution is 2.11. The third kappa shape index (κ3) is 7.84. The topological polar surface area (TPSA) is 58.4 Å². The molecule has 1 aromatic rings. The molecular weight excluding hydrogens is 345 g/mol.